The third-order valence-electron chi connectivity index (χ3n) is 4.34. The summed E-state index contributed by atoms with van der Waals surface area (Å²) in [4.78, 5) is 4.85. The van der Waals surface area contributed by atoms with Gasteiger partial charge in [0.2, 0.25) is 5.95 Å². The molecule has 0 spiro atoms. The van der Waals surface area contributed by atoms with Gasteiger partial charge in [-0.05, 0) is 42.4 Å². The number of aryl methyl sites for hydroxylation is 1. The van der Waals surface area contributed by atoms with E-state index in [0.29, 0.717) is 12.0 Å². The molecule has 0 saturated heterocycles. The van der Waals surface area contributed by atoms with Gasteiger partial charge in [-0.25, -0.2) is 8.42 Å². The number of alkyl halides is 3. The van der Waals surface area contributed by atoms with Crippen LogP contribution in [-0.4, -0.2) is 37.3 Å². The van der Waals surface area contributed by atoms with Crippen molar-refractivity contribution in [3.05, 3.63) is 29.1 Å². The highest BCUT2D eigenvalue weighted by Crippen LogP contribution is 2.45. The zero-order valence-electron chi connectivity index (χ0n) is 14.9. The van der Waals surface area contributed by atoms with Crippen LogP contribution in [0.5, 0.6) is 0 Å². The fourth-order valence-electron chi connectivity index (χ4n) is 2.92. The molecule has 1 aromatic carbocycles. The molecule has 1 heterocycles. The number of aromatic nitrogens is 3. The van der Waals surface area contributed by atoms with E-state index < -0.39 is 21.1 Å². The van der Waals surface area contributed by atoms with Crippen LogP contribution in [0.15, 0.2) is 17.0 Å². The molecule has 0 unspecified atom stereocenters. The zero-order chi connectivity index (χ0) is 20.1. The summed E-state index contributed by atoms with van der Waals surface area (Å²) in [5.74, 6) is -1.19. The van der Waals surface area contributed by atoms with E-state index in [9.17, 15) is 21.6 Å². The number of hydrogen-bond donors (Lipinski definition) is 0. The predicted molar refractivity (Wildman–Crippen MR) is 95.1 cm³/mol. The molecule has 2 aromatic rings. The van der Waals surface area contributed by atoms with Crippen LogP contribution in [-0.2, 0) is 21.6 Å². The van der Waals surface area contributed by atoms with Crippen molar-refractivity contribution < 1.29 is 21.6 Å². The van der Waals surface area contributed by atoms with Gasteiger partial charge in [0, 0.05) is 24.8 Å². The first-order chi connectivity index (χ1) is 12.4. The summed E-state index contributed by atoms with van der Waals surface area (Å²) in [6.45, 7) is 1.79. The molecule has 11 heteroatoms. The number of anilines is 1. The van der Waals surface area contributed by atoms with E-state index in [2.05, 4.69) is 10.1 Å². The van der Waals surface area contributed by atoms with Crippen LogP contribution in [0.3, 0.4) is 0 Å². The van der Waals surface area contributed by atoms with Crippen molar-refractivity contribution in [3.63, 3.8) is 0 Å². The van der Waals surface area contributed by atoms with Crippen molar-refractivity contribution in [2.45, 2.75) is 43.2 Å². The van der Waals surface area contributed by atoms with Gasteiger partial charge in [-0.3, -0.25) is 0 Å². The summed E-state index contributed by atoms with van der Waals surface area (Å²) < 4.78 is 64.5. The van der Waals surface area contributed by atoms with Crippen molar-refractivity contribution in [2.24, 2.45) is 0 Å². The number of benzene rings is 1. The molecule has 148 valence electrons. The SMILES string of the molecule is CCc1cc(C2CC2)c(-n2nc(C(F)(F)F)nc2N(C)C)cc1S(=O)(=O)Cl. The number of rotatable bonds is 5. The Kier molecular flexibility index (Phi) is 4.92. The van der Waals surface area contributed by atoms with Crippen LogP contribution in [0.2, 0.25) is 0 Å². The second kappa shape index (κ2) is 6.66. The molecular weight excluding hydrogens is 405 g/mol. The molecule has 1 aliphatic carbocycles. The minimum Gasteiger partial charge on any atom is -0.347 e. The summed E-state index contributed by atoms with van der Waals surface area (Å²) in [5, 5.41) is 3.62. The lowest BCUT2D eigenvalue weighted by molar-refractivity contribution is -0.144. The second-order valence-corrected chi connectivity index (χ2v) is 9.16. The topological polar surface area (TPSA) is 68.1 Å². The molecule has 27 heavy (non-hydrogen) atoms. The minimum atomic E-state index is -4.72. The van der Waals surface area contributed by atoms with Crippen LogP contribution in [0.25, 0.3) is 5.69 Å². The molecular formula is C16H18ClF3N4O2S. The van der Waals surface area contributed by atoms with E-state index >= 15 is 0 Å². The van der Waals surface area contributed by atoms with E-state index in [-0.39, 0.29) is 22.4 Å². The van der Waals surface area contributed by atoms with Crippen LogP contribution >= 0.6 is 10.7 Å². The lowest BCUT2D eigenvalue weighted by atomic mass is 10.0. The van der Waals surface area contributed by atoms with Gasteiger partial charge >= 0.3 is 6.18 Å². The molecule has 0 bridgehead atoms. The van der Waals surface area contributed by atoms with Gasteiger partial charge in [-0.2, -0.15) is 22.8 Å². The third kappa shape index (κ3) is 3.91. The molecule has 1 aliphatic rings. The van der Waals surface area contributed by atoms with Gasteiger partial charge in [-0.1, -0.05) is 13.0 Å². The van der Waals surface area contributed by atoms with E-state index in [4.69, 9.17) is 10.7 Å². The molecule has 6 nitrogen and oxygen atoms in total. The average Bonchev–Trinajstić information content (AvgIpc) is 3.28. The Labute approximate surface area is 159 Å². The van der Waals surface area contributed by atoms with Gasteiger partial charge in [-0.15, -0.1) is 5.10 Å². The highest BCUT2D eigenvalue weighted by molar-refractivity contribution is 8.13. The van der Waals surface area contributed by atoms with Crippen molar-refractivity contribution in [3.8, 4) is 5.69 Å². The van der Waals surface area contributed by atoms with E-state index in [1.165, 1.54) is 25.1 Å². The molecule has 3 rings (SSSR count). The van der Waals surface area contributed by atoms with Crippen LogP contribution in [0.1, 0.15) is 42.6 Å². The maximum atomic E-state index is 13.1. The molecule has 0 radical (unpaired) electrons. The minimum absolute atomic E-state index is 0.0496. The Morgan fingerprint density at radius 2 is 1.93 bits per heavy atom. The Morgan fingerprint density at radius 1 is 1.30 bits per heavy atom. The Hall–Kier alpha value is -1.81. The van der Waals surface area contributed by atoms with Gasteiger partial charge in [0.25, 0.3) is 14.9 Å². The van der Waals surface area contributed by atoms with E-state index in [1.807, 2.05) is 0 Å². The summed E-state index contributed by atoms with van der Waals surface area (Å²) in [5.41, 5.74) is 1.52. The van der Waals surface area contributed by atoms with Gasteiger partial charge < -0.3 is 4.90 Å². The Bertz CT molecular complexity index is 982. The highest BCUT2D eigenvalue weighted by Gasteiger charge is 2.39. The van der Waals surface area contributed by atoms with Gasteiger partial charge in [0.15, 0.2) is 0 Å². The smallest absolute Gasteiger partial charge is 0.347 e. The molecule has 1 saturated carbocycles. The Balaban J connectivity index is 2.32. The first-order valence-electron chi connectivity index (χ1n) is 8.27. The largest absolute Gasteiger partial charge is 0.453 e. The zero-order valence-corrected chi connectivity index (χ0v) is 16.5. The number of hydrogen-bond acceptors (Lipinski definition) is 5. The van der Waals surface area contributed by atoms with E-state index in [0.717, 1.165) is 23.1 Å². The van der Waals surface area contributed by atoms with Crippen molar-refractivity contribution in [2.75, 3.05) is 19.0 Å². The number of halogens is 4. The van der Waals surface area contributed by atoms with Crippen LogP contribution in [0, 0.1) is 0 Å². The second-order valence-electron chi connectivity index (χ2n) is 6.62. The average molecular weight is 423 g/mol. The Morgan fingerprint density at radius 3 is 2.37 bits per heavy atom. The van der Waals surface area contributed by atoms with Crippen LogP contribution < -0.4 is 4.90 Å². The predicted octanol–water partition coefficient (Wildman–Crippen LogP) is 3.72. The van der Waals surface area contributed by atoms with Crippen molar-refractivity contribution in [1.82, 2.24) is 14.8 Å². The first kappa shape index (κ1) is 19.9. The summed E-state index contributed by atoms with van der Waals surface area (Å²) in [7, 11) is 4.57. The molecule has 0 N–H and O–H groups in total. The highest BCUT2D eigenvalue weighted by atomic mass is 35.7. The molecule has 0 amide bonds. The van der Waals surface area contributed by atoms with Crippen LogP contribution in [0.4, 0.5) is 19.1 Å². The molecule has 1 fully saturated rings. The molecule has 0 atom stereocenters. The maximum Gasteiger partial charge on any atom is 0.453 e. The summed E-state index contributed by atoms with van der Waals surface area (Å²) >= 11 is 0. The third-order valence-corrected chi connectivity index (χ3v) is 5.75. The standard InChI is InChI=1S/C16H18ClF3N4O2S/c1-4-9-7-11(10-5-6-10)12(8-13(9)27(17,25)26)24-15(23(2)3)21-14(22-24)16(18,19)20/h7-8,10H,4-6H2,1-3H3. The van der Waals surface area contributed by atoms with Gasteiger partial charge in [0.05, 0.1) is 10.6 Å². The summed E-state index contributed by atoms with van der Waals surface area (Å²) in [6.07, 6.45) is -2.55. The maximum absolute atomic E-state index is 13.1. The monoisotopic (exact) mass is 422 g/mol. The lowest BCUT2D eigenvalue weighted by Crippen LogP contribution is -2.16. The fourth-order valence-corrected chi connectivity index (χ4v) is 4.12. The van der Waals surface area contributed by atoms with Crippen molar-refractivity contribution >= 4 is 25.7 Å². The van der Waals surface area contributed by atoms with Crippen molar-refractivity contribution in [1.29, 1.82) is 0 Å². The van der Waals surface area contributed by atoms with E-state index in [1.54, 1.807) is 13.0 Å². The molecule has 0 aliphatic heterocycles. The normalized spacial score (nSPS) is 15.2. The number of nitrogens with zero attached hydrogens (tertiary/aromatic N) is 4. The first-order valence-corrected chi connectivity index (χ1v) is 10.6. The molecule has 1 aromatic heterocycles. The lowest BCUT2D eigenvalue weighted by Gasteiger charge is -2.18. The summed E-state index contributed by atoms with van der Waals surface area (Å²) in [6, 6.07) is 3.01. The quantitative estimate of drug-likeness (QED) is 0.687. The van der Waals surface area contributed by atoms with Gasteiger partial charge in [0.1, 0.15) is 0 Å². The fraction of sp³-hybridized carbons (Fsp3) is 0.500.